The fraction of sp³-hybridized carbons (Fsp3) is 0.133. The maximum absolute atomic E-state index is 13.7. The first-order chi connectivity index (χ1) is 9.97. The van der Waals surface area contributed by atoms with Gasteiger partial charge in [0.25, 0.3) is 0 Å². The van der Waals surface area contributed by atoms with Gasteiger partial charge >= 0.3 is 0 Å². The van der Waals surface area contributed by atoms with Crippen LogP contribution in [0.5, 0.6) is 0 Å². The Kier molecular flexibility index (Phi) is 3.63. The summed E-state index contributed by atoms with van der Waals surface area (Å²) in [6.45, 7) is 1.99. The molecule has 3 rings (SSSR count). The van der Waals surface area contributed by atoms with E-state index in [1.54, 1.807) is 4.57 Å². The fourth-order valence-corrected chi connectivity index (χ4v) is 3.01. The Morgan fingerprint density at radius 3 is 2.81 bits per heavy atom. The SMILES string of the molecule is CC(c1cccc(Br)c1)n1c(N)nc2cc(Cl)c(F)cc21. The number of halogens is 3. The average molecular weight is 369 g/mol. The van der Waals surface area contributed by atoms with Gasteiger partial charge in [-0.3, -0.25) is 0 Å². The van der Waals surface area contributed by atoms with Gasteiger partial charge in [0.2, 0.25) is 5.95 Å². The second-order valence-corrected chi connectivity index (χ2v) is 6.15. The van der Waals surface area contributed by atoms with E-state index in [0.29, 0.717) is 17.0 Å². The van der Waals surface area contributed by atoms with E-state index in [1.165, 1.54) is 12.1 Å². The Labute approximate surface area is 134 Å². The summed E-state index contributed by atoms with van der Waals surface area (Å²) in [7, 11) is 0. The standard InChI is InChI=1S/C15H12BrClFN3/c1-8(9-3-2-4-10(16)5-9)21-14-7-12(18)11(17)6-13(14)20-15(21)19/h2-8H,1H3,(H2,19,20). The molecule has 3 nitrogen and oxygen atoms in total. The minimum atomic E-state index is -0.480. The number of rotatable bonds is 2. The highest BCUT2D eigenvalue weighted by atomic mass is 79.9. The third kappa shape index (κ3) is 2.51. The Bertz CT molecular complexity index is 831. The van der Waals surface area contributed by atoms with Gasteiger partial charge in [0, 0.05) is 10.5 Å². The van der Waals surface area contributed by atoms with Crippen molar-refractivity contribution in [2.75, 3.05) is 5.73 Å². The summed E-state index contributed by atoms with van der Waals surface area (Å²) in [5.41, 5.74) is 8.26. The summed E-state index contributed by atoms with van der Waals surface area (Å²) in [6.07, 6.45) is 0. The van der Waals surface area contributed by atoms with Crippen LogP contribution in [-0.4, -0.2) is 9.55 Å². The number of fused-ring (bicyclic) bond motifs is 1. The van der Waals surface area contributed by atoms with E-state index in [0.717, 1.165) is 10.0 Å². The van der Waals surface area contributed by atoms with Gasteiger partial charge in [0.1, 0.15) is 5.82 Å². The van der Waals surface area contributed by atoms with Crippen LogP contribution in [0.1, 0.15) is 18.5 Å². The predicted octanol–water partition coefficient (Wildman–Crippen LogP) is 4.78. The highest BCUT2D eigenvalue weighted by Gasteiger charge is 2.17. The summed E-state index contributed by atoms with van der Waals surface area (Å²) < 4.78 is 16.5. The molecule has 1 heterocycles. The lowest BCUT2D eigenvalue weighted by atomic mass is 10.1. The minimum Gasteiger partial charge on any atom is -0.369 e. The molecule has 1 aromatic heterocycles. The van der Waals surface area contributed by atoms with Crippen molar-refractivity contribution in [2.45, 2.75) is 13.0 Å². The van der Waals surface area contributed by atoms with Gasteiger partial charge in [0.05, 0.1) is 22.1 Å². The normalized spacial score (nSPS) is 12.8. The Hall–Kier alpha value is -1.59. The number of anilines is 1. The van der Waals surface area contributed by atoms with Gasteiger partial charge in [-0.1, -0.05) is 39.7 Å². The van der Waals surface area contributed by atoms with Crippen LogP contribution in [0.3, 0.4) is 0 Å². The van der Waals surface area contributed by atoms with Crippen LogP contribution in [0.4, 0.5) is 10.3 Å². The number of imidazole rings is 1. The van der Waals surface area contributed by atoms with Crippen LogP contribution in [0, 0.1) is 5.82 Å². The zero-order valence-corrected chi connectivity index (χ0v) is 13.5. The molecule has 1 atom stereocenters. The molecule has 108 valence electrons. The lowest BCUT2D eigenvalue weighted by molar-refractivity contribution is 0.625. The summed E-state index contributed by atoms with van der Waals surface area (Å²) in [4.78, 5) is 4.26. The number of hydrogen-bond acceptors (Lipinski definition) is 2. The van der Waals surface area contributed by atoms with Crippen LogP contribution >= 0.6 is 27.5 Å². The molecule has 0 bridgehead atoms. The molecule has 21 heavy (non-hydrogen) atoms. The lowest BCUT2D eigenvalue weighted by Crippen LogP contribution is -2.10. The molecule has 0 saturated heterocycles. The van der Waals surface area contributed by atoms with E-state index >= 15 is 0 Å². The summed E-state index contributed by atoms with van der Waals surface area (Å²) in [5, 5.41) is 0.0438. The molecule has 0 aliphatic rings. The first-order valence-corrected chi connectivity index (χ1v) is 7.52. The van der Waals surface area contributed by atoms with Crippen LogP contribution < -0.4 is 5.73 Å². The molecular formula is C15H12BrClFN3. The molecule has 3 aromatic rings. The van der Waals surface area contributed by atoms with Gasteiger partial charge in [-0.25, -0.2) is 9.37 Å². The Morgan fingerprint density at radius 1 is 1.33 bits per heavy atom. The summed E-state index contributed by atoms with van der Waals surface area (Å²) in [6, 6.07) is 10.7. The first-order valence-electron chi connectivity index (χ1n) is 6.35. The van der Waals surface area contributed by atoms with Crippen molar-refractivity contribution in [2.24, 2.45) is 0 Å². The van der Waals surface area contributed by atoms with Crippen molar-refractivity contribution < 1.29 is 4.39 Å². The van der Waals surface area contributed by atoms with Gasteiger partial charge in [-0.15, -0.1) is 0 Å². The number of aromatic nitrogens is 2. The first kappa shape index (κ1) is 14.4. The monoisotopic (exact) mass is 367 g/mol. The van der Waals surface area contributed by atoms with E-state index < -0.39 is 5.82 Å². The Balaban J connectivity index is 2.19. The molecule has 0 saturated carbocycles. The predicted molar refractivity (Wildman–Crippen MR) is 87.1 cm³/mol. The van der Waals surface area contributed by atoms with Gasteiger partial charge < -0.3 is 10.3 Å². The molecule has 0 fully saturated rings. The van der Waals surface area contributed by atoms with E-state index in [9.17, 15) is 4.39 Å². The molecule has 0 radical (unpaired) electrons. The molecule has 6 heteroatoms. The quantitative estimate of drug-likeness (QED) is 0.707. The third-order valence-corrected chi connectivity index (χ3v) is 4.26. The summed E-state index contributed by atoms with van der Waals surface area (Å²) in [5.74, 6) is -0.147. The topological polar surface area (TPSA) is 43.8 Å². The van der Waals surface area contributed by atoms with Crippen LogP contribution in [-0.2, 0) is 0 Å². The van der Waals surface area contributed by atoms with Crippen molar-refractivity contribution >= 4 is 44.5 Å². The van der Waals surface area contributed by atoms with Crippen LogP contribution in [0.15, 0.2) is 40.9 Å². The number of nitrogens with two attached hydrogens (primary N) is 1. The Morgan fingerprint density at radius 2 is 2.10 bits per heavy atom. The summed E-state index contributed by atoms with van der Waals surface area (Å²) >= 11 is 9.24. The molecule has 0 aliphatic carbocycles. The van der Waals surface area contributed by atoms with Crippen molar-refractivity contribution in [3.05, 3.63) is 57.3 Å². The molecule has 2 N–H and O–H groups in total. The van der Waals surface area contributed by atoms with Crippen LogP contribution in [0.25, 0.3) is 11.0 Å². The number of nitrogens with zero attached hydrogens (tertiary/aromatic N) is 2. The number of benzene rings is 2. The van der Waals surface area contributed by atoms with E-state index in [4.69, 9.17) is 17.3 Å². The molecule has 0 spiro atoms. The molecule has 0 aliphatic heterocycles. The number of hydrogen-bond donors (Lipinski definition) is 1. The second-order valence-electron chi connectivity index (χ2n) is 4.83. The van der Waals surface area contributed by atoms with Gasteiger partial charge in [-0.05, 0) is 30.7 Å². The van der Waals surface area contributed by atoms with Crippen molar-refractivity contribution in [3.8, 4) is 0 Å². The lowest BCUT2D eigenvalue weighted by Gasteiger charge is -2.17. The van der Waals surface area contributed by atoms with Crippen LogP contribution in [0.2, 0.25) is 5.02 Å². The second kappa shape index (κ2) is 5.31. The minimum absolute atomic E-state index is 0.0438. The van der Waals surface area contributed by atoms with E-state index in [1.807, 2.05) is 31.2 Å². The fourth-order valence-electron chi connectivity index (χ4n) is 2.43. The molecule has 0 amide bonds. The zero-order valence-electron chi connectivity index (χ0n) is 11.1. The molecule has 1 unspecified atom stereocenters. The third-order valence-electron chi connectivity index (χ3n) is 3.48. The van der Waals surface area contributed by atoms with Crippen molar-refractivity contribution in [1.82, 2.24) is 9.55 Å². The highest BCUT2D eigenvalue weighted by molar-refractivity contribution is 9.10. The largest absolute Gasteiger partial charge is 0.369 e. The average Bonchev–Trinajstić information content (AvgIpc) is 2.74. The van der Waals surface area contributed by atoms with Crippen molar-refractivity contribution in [1.29, 1.82) is 0 Å². The maximum Gasteiger partial charge on any atom is 0.201 e. The van der Waals surface area contributed by atoms with Gasteiger partial charge in [-0.2, -0.15) is 0 Å². The maximum atomic E-state index is 13.7. The van der Waals surface area contributed by atoms with E-state index in [2.05, 4.69) is 20.9 Å². The number of nitrogen functional groups attached to an aromatic ring is 1. The smallest absolute Gasteiger partial charge is 0.201 e. The van der Waals surface area contributed by atoms with Crippen molar-refractivity contribution in [3.63, 3.8) is 0 Å². The molecular weight excluding hydrogens is 357 g/mol. The van der Waals surface area contributed by atoms with E-state index in [-0.39, 0.29) is 11.1 Å². The molecule has 2 aromatic carbocycles. The highest BCUT2D eigenvalue weighted by Crippen LogP contribution is 2.30. The zero-order chi connectivity index (χ0) is 15.1. The van der Waals surface area contributed by atoms with Gasteiger partial charge in [0.15, 0.2) is 0 Å².